The molecule has 0 radical (unpaired) electrons. The van der Waals surface area contributed by atoms with E-state index >= 15 is 0 Å². The molecule has 6 nitrogen and oxygen atoms in total. The van der Waals surface area contributed by atoms with Crippen LogP contribution in [0.2, 0.25) is 0 Å². The van der Waals surface area contributed by atoms with E-state index in [0.717, 1.165) is 0 Å². The van der Waals surface area contributed by atoms with Gasteiger partial charge in [0.05, 0.1) is 26.1 Å². The zero-order valence-electron chi connectivity index (χ0n) is 11.4. The first-order chi connectivity index (χ1) is 8.42. The molecule has 0 heterocycles. The number of rotatable bonds is 7. The summed E-state index contributed by atoms with van der Waals surface area (Å²) in [6.45, 7) is 3.97. The molecule has 0 aromatic rings. The molecule has 1 unspecified atom stereocenters. The molecule has 0 spiro atoms. The summed E-state index contributed by atoms with van der Waals surface area (Å²) in [7, 11) is 2.90. The molecule has 0 aliphatic heterocycles. The summed E-state index contributed by atoms with van der Waals surface area (Å²) in [5.74, 6) is -1.33. The van der Waals surface area contributed by atoms with E-state index in [1.54, 1.807) is 20.9 Å². The molecule has 0 aliphatic rings. The number of nitrogens with zero attached hydrogens (tertiary/aromatic N) is 1. The van der Waals surface area contributed by atoms with Gasteiger partial charge < -0.3 is 14.4 Å². The minimum atomic E-state index is -0.389. The predicted molar refractivity (Wildman–Crippen MR) is 64.7 cm³/mol. The van der Waals surface area contributed by atoms with Crippen molar-refractivity contribution in [3.63, 3.8) is 0 Å². The first kappa shape index (κ1) is 16.4. The Labute approximate surface area is 107 Å². The van der Waals surface area contributed by atoms with E-state index in [-0.39, 0.29) is 43.2 Å². The fourth-order valence-electron chi connectivity index (χ4n) is 1.42. The highest BCUT2D eigenvalue weighted by Crippen LogP contribution is 2.04. The van der Waals surface area contributed by atoms with Gasteiger partial charge in [0.15, 0.2) is 0 Å². The lowest BCUT2D eigenvalue weighted by molar-refractivity contribution is -0.148. The quantitative estimate of drug-likeness (QED) is 0.626. The Morgan fingerprint density at radius 1 is 1.22 bits per heavy atom. The summed E-state index contributed by atoms with van der Waals surface area (Å²) in [6, 6.07) is 0. The molecule has 1 atom stereocenters. The number of carbonyl (C=O) groups excluding carboxylic acids is 3. The van der Waals surface area contributed by atoms with E-state index in [9.17, 15) is 14.4 Å². The van der Waals surface area contributed by atoms with Crippen molar-refractivity contribution in [2.75, 3.05) is 27.3 Å². The summed E-state index contributed by atoms with van der Waals surface area (Å²) in [6.07, 6.45) is 0.146. The number of hydrogen-bond acceptors (Lipinski definition) is 5. The van der Waals surface area contributed by atoms with Crippen LogP contribution >= 0.6 is 0 Å². The average Bonchev–Trinajstić information content (AvgIpc) is 2.34. The van der Waals surface area contributed by atoms with Crippen molar-refractivity contribution in [1.82, 2.24) is 4.90 Å². The zero-order chi connectivity index (χ0) is 14.1. The second-order valence-corrected chi connectivity index (χ2v) is 4.00. The van der Waals surface area contributed by atoms with Gasteiger partial charge in [0.1, 0.15) is 0 Å². The Morgan fingerprint density at radius 2 is 1.83 bits per heavy atom. The van der Waals surface area contributed by atoms with E-state index in [0.29, 0.717) is 6.61 Å². The summed E-state index contributed by atoms with van der Waals surface area (Å²) < 4.78 is 9.30. The molecule has 0 saturated heterocycles. The number of carbonyl (C=O) groups is 3. The Hall–Kier alpha value is -1.59. The molecule has 1 amide bonds. The first-order valence-corrected chi connectivity index (χ1v) is 5.89. The second kappa shape index (κ2) is 8.49. The van der Waals surface area contributed by atoms with Crippen molar-refractivity contribution in [2.45, 2.75) is 26.7 Å². The monoisotopic (exact) mass is 259 g/mol. The van der Waals surface area contributed by atoms with Crippen molar-refractivity contribution < 1.29 is 23.9 Å². The number of ether oxygens (including phenoxy) is 2. The van der Waals surface area contributed by atoms with Crippen LogP contribution in [-0.4, -0.2) is 50.1 Å². The van der Waals surface area contributed by atoms with Gasteiger partial charge in [-0.25, -0.2) is 0 Å². The summed E-state index contributed by atoms with van der Waals surface area (Å²) >= 11 is 0. The van der Waals surface area contributed by atoms with Crippen LogP contribution in [0.15, 0.2) is 0 Å². The van der Waals surface area contributed by atoms with Crippen LogP contribution in [-0.2, 0) is 23.9 Å². The van der Waals surface area contributed by atoms with Gasteiger partial charge in [-0.15, -0.1) is 0 Å². The van der Waals surface area contributed by atoms with Crippen molar-refractivity contribution in [2.24, 2.45) is 5.92 Å². The van der Waals surface area contributed by atoms with Crippen LogP contribution in [0.1, 0.15) is 26.7 Å². The highest BCUT2D eigenvalue weighted by atomic mass is 16.5. The van der Waals surface area contributed by atoms with Crippen molar-refractivity contribution in [3.8, 4) is 0 Å². The van der Waals surface area contributed by atoms with E-state index in [4.69, 9.17) is 4.74 Å². The maximum absolute atomic E-state index is 11.7. The maximum atomic E-state index is 11.7. The van der Waals surface area contributed by atoms with Gasteiger partial charge in [-0.1, -0.05) is 6.92 Å². The number of esters is 2. The lowest BCUT2D eigenvalue weighted by Crippen LogP contribution is -2.34. The van der Waals surface area contributed by atoms with Gasteiger partial charge in [0.25, 0.3) is 0 Å². The third-order valence-electron chi connectivity index (χ3n) is 2.43. The van der Waals surface area contributed by atoms with E-state index in [2.05, 4.69) is 4.74 Å². The summed E-state index contributed by atoms with van der Waals surface area (Å²) in [5.41, 5.74) is 0. The summed E-state index contributed by atoms with van der Waals surface area (Å²) in [4.78, 5) is 35.3. The van der Waals surface area contributed by atoms with Gasteiger partial charge in [0.2, 0.25) is 5.91 Å². The highest BCUT2D eigenvalue weighted by Gasteiger charge is 2.19. The fraction of sp³-hybridized carbons (Fsp3) is 0.750. The molecule has 0 saturated carbocycles. The minimum absolute atomic E-state index is 0.0591. The molecule has 0 aliphatic carbocycles. The van der Waals surface area contributed by atoms with Crippen LogP contribution < -0.4 is 0 Å². The summed E-state index contributed by atoms with van der Waals surface area (Å²) in [5, 5.41) is 0. The van der Waals surface area contributed by atoms with Crippen LogP contribution in [0.4, 0.5) is 0 Å². The zero-order valence-corrected chi connectivity index (χ0v) is 11.4. The van der Waals surface area contributed by atoms with Crippen molar-refractivity contribution in [1.29, 1.82) is 0 Å². The molecule has 0 rings (SSSR count). The number of methoxy groups -OCH3 is 1. The van der Waals surface area contributed by atoms with Crippen molar-refractivity contribution in [3.05, 3.63) is 0 Å². The largest absolute Gasteiger partial charge is 0.469 e. The number of hydrogen-bond donors (Lipinski definition) is 0. The third-order valence-corrected chi connectivity index (χ3v) is 2.43. The standard InChI is InChI=1S/C12H21NO5/c1-5-18-11(15)7-6-10(14)13(3)8-9(2)12(16)17-4/h9H,5-8H2,1-4H3. The van der Waals surface area contributed by atoms with Crippen LogP contribution in [0.5, 0.6) is 0 Å². The van der Waals surface area contributed by atoms with Gasteiger partial charge in [-0.05, 0) is 6.92 Å². The van der Waals surface area contributed by atoms with Gasteiger partial charge in [-0.3, -0.25) is 14.4 Å². The van der Waals surface area contributed by atoms with Crippen molar-refractivity contribution >= 4 is 17.8 Å². The molecular weight excluding hydrogens is 238 g/mol. The van der Waals surface area contributed by atoms with Crippen LogP contribution in [0, 0.1) is 5.92 Å². The van der Waals surface area contributed by atoms with E-state index in [1.165, 1.54) is 12.0 Å². The average molecular weight is 259 g/mol. The van der Waals surface area contributed by atoms with Crippen LogP contribution in [0.25, 0.3) is 0 Å². The van der Waals surface area contributed by atoms with E-state index in [1.807, 2.05) is 0 Å². The SMILES string of the molecule is CCOC(=O)CCC(=O)N(C)CC(C)C(=O)OC. The Kier molecular flexibility index (Phi) is 7.74. The second-order valence-electron chi connectivity index (χ2n) is 4.00. The number of amides is 1. The molecule has 0 fully saturated rings. The third kappa shape index (κ3) is 6.22. The van der Waals surface area contributed by atoms with Gasteiger partial charge >= 0.3 is 11.9 Å². The molecule has 104 valence electrons. The molecular formula is C12H21NO5. The van der Waals surface area contributed by atoms with Crippen LogP contribution in [0.3, 0.4) is 0 Å². The fourth-order valence-corrected chi connectivity index (χ4v) is 1.42. The smallest absolute Gasteiger partial charge is 0.310 e. The minimum Gasteiger partial charge on any atom is -0.469 e. The maximum Gasteiger partial charge on any atom is 0.310 e. The molecule has 0 bridgehead atoms. The van der Waals surface area contributed by atoms with Gasteiger partial charge in [0, 0.05) is 20.0 Å². The normalized spacial score (nSPS) is 11.6. The predicted octanol–water partition coefficient (Wildman–Crippen LogP) is 0.597. The highest BCUT2D eigenvalue weighted by molar-refractivity contribution is 5.81. The molecule has 0 N–H and O–H groups in total. The molecule has 18 heavy (non-hydrogen) atoms. The lowest BCUT2D eigenvalue weighted by atomic mass is 10.1. The van der Waals surface area contributed by atoms with E-state index < -0.39 is 0 Å². The molecule has 0 aromatic heterocycles. The molecule has 0 aromatic carbocycles. The molecule has 6 heteroatoms. The topological polar surface area (TPSA) is 72.9 Å². The Morgan fingerprint density at radius 3 is 2.33 bits per heavy atom. The van der Waals surface area contributed by atoms with Gasteiger partial charge in [-0.2, -0.15) is 0 Å². The Balaban J connectivity index is 4.03. The Bertz CT molecular complexity index is 303. The lowest BCUT2D eigenvalue weighted by Gasteiger charge is -2.20. The first-order valence-electron chi connectivity index (χ1n) is 5.89.